The minimum atomic E-state index is -0.895. The number of nitrogens with zero attached hydrogens (tertiary/aromatic N) is 3. The maximum absolute atomic E-state index is 12.4. The van der Waals surface area contributed by atoms with Crippen molar-refractivity contribution in [3.05, 3.63) is 18.5 Å². The van der Waals surface area contributed by atoms with Crippen molar-refractivity contribution >= 4 is 23.6 Å². The van der Waals surface area contributed by atoms with Crippen molar-refractivity contribution in [1.82, 2.24) is 14.7 Å². The van der Waals surface area contributed by atoms with Crippen LogP contribution in [0.3, 0.4) is 0 Å². The lowest BCUT2D eigenvalue weighted by atomic mass is 10.2. The molecule has 2 atom stereocenters. The summed E-state index contributed by atoms with van der Waals surface area (Å²) in [6, 6.07) is 1.14. The summed E-state index contributed by atoms with van der Waals surface area (Å²) in [6.07, 6.45) is 5.98. The first-order valence-corrected chi connectivity index (χ1v) is 7.84. The van der Waals surface area contributed by atoms with Gasteiger partial charge in [-0.1, -0.05) is 0 Å². The molecule has 7 heteroatoms. The average molecular weight is 295 g/mol. The van der Waals surface area contributed by atoms with Crippen LogP contribution in [0.25, 0.3) is 0 Å². The van der Waals surface area contributed by atoms with Gasteiger partial charge >= 0.3 is 5.97 Å². The summed E-state index contributed by atoms with van der Waals surface area (Å²) in [7, 11) is 0. The molecular formula is C13H17N3O3S. The third kappa shape index (κ3) is 2.67. The molecule has 1 aliphatic carbocycles. The predicted molar refractivity (Wildman–Crippen MR) is 74.1 cm³/mol. The molecule has 0 spiro atoms. The molecule has 2 fully saturated rings. The highest BCUT2D eigenvalue weighted by molar-refractivity contribution is 8.00. The van der Waals surface area contributed by atoms with Crippen molar-refractivity contribution in [3.63, 3.8) is 0 Å². The molecule has 20 heavy (non-hydrogen) atoms. The zero-order valence-corrected chi connectivity index (χ0v) is 11.8. The molecule has 0 radical (unpaired) electrons. The number of rotatable bonds is 5. The highest BCUT2D eigenvalue weighted by atomic mass is 32.2. The smallest absolute Gasteiger partial charge is 0.327 e. The van der Waals surface area contributed by atoms with Gasteiger partial charge in [0.25, 0.3) is 0 Å². The summed E-state index contributed by atoms with van der Waals surface area (Å²) in [5, 5.41) is 13.4. The molecule has 2 heterocycles. The van der Waals surface area contributed by atoms with Crippen LogP contribution in [0, 0.1) is 5.92 Å². The van der Waals surface area contributed by atoms with Crippen LogP contribution in [0.2, 0.25) is 0 Å². The molecule has 1 N–H and O–H groups in total. The molecule has 6 nitrogen and oxygen atoms in total. The number of hydrogen-bond donors (Lipinski definition) is 1. The van der Waals surface area contributed by atoms with Gasteiger partial charge in [0, 0.05) is 31.1 Å². The molecule has 1 saturated heterocycles. The quantitative estimate of drug-likeness (QED) is 0.878. The van der Waals surface area contributed by atoms with Gasteiger partial charge in [0.1, 0.15) is 6.04 Å². The molecule has 0 bridgehead atoms. The number of carbonyl (C=O) groups is 2. The maximum atomic E-state index is 12.4. The van der Waals surface area contributed by atoms with E-state index in [2.05, 4.69) is 5.10 Å². The Morgan fingerprint density at radius 2 is 2.20 bits per heavy atom. The van der Waals surface area contributed by atoms with Crippen LogP contribution in [0.4, 0.5) is 0 Å². The number of thioether (sulfide) groups is 1. The zero-order valence-electron chi connectivity index (χ0n) is 11.0. The van der Waals surface area contributed by atoms with Gasteiger partial charge in [-0.2, -0.15) is 5.10 Å². The van der Waals surface area contributed by atoms with Gasteiger partial charge in [0.15, 0.2) is 0 Å². The lowest BCUT2D eigenvalue weighted by Crippen LogP contribution is -2.46. The number of aliphatic carboxylic acids is 1. The summed E-state index contributed by atoms with van der Waals surface area (Å²) in [5.41, 5.74) is 0. The van der Waals surface area contributed by atoms with Crippen molar-refractivity contribution < 1.29 is 14.7 Å². The fourth-order valence-corrected chi connectivity index (χ4v) is 4.20. The number of amides is 1. The van der Waals surface area contributed by atoms with E-state index in [1.54, 1.807) is 33.7 Å². The minimum absolute atomic E-state index is 0.0567. The number of carboxylic acids is 1. The second kappa shape index (κ2) is 5.47. The standard InChI is InChI=1S/C13H17N3O3S/c17-11(4-7-15-6-1-5-14-15)16-10(13(18)19)8-20-12(16)9-2-3-9/h1,5-6,9-10,12H,2-4,7-8H2,(H,18,19). The first kappa shape index (κ1) is 13.5. The number of carboxylic acid groups (broad SMARTS) is 1. The Kier molecular flexibility index (Phi) is 3.69. The van der Waals surface area contributed by atoms with E-state index >= 15 is 0 Å². The Bertz CT molecular complexity index is 501. The van der Waals surface area contributed by atoms with Gasteiger partial charge in [0.2, 0.25) is 5.91 Å². The molecular weight excluding hydrogens is 278 g/mol. The molecule has 3 rings (SSSR count). The van der Waals surface area contributed by atoms with Gasteiger partial charge in [-0.05, 0) is 24.8 Å². The Balaban J connectivity index is 1.67. The normalized spacial score (nSPS) is 25.9. The van der Waals surface area contributed by atoms with Crippen LogP contribution in [0.15, 0.2) is 18.5 Å². The van der Waals surface area contributed by atoms with Crippen molar-refractivity contribution in [3.8, 4) is 0 Å². The van der Waals surface area contributed by atoms with E-state index in [9.17, 15) is 14.7 Å². The second-order valence-electron chi connectivity index (χ2n) is 5.24. The summed E-state index contributed by atoms with van der Waals surface area (Å²) in [4.78, 5) is 25.3. The third-order valence-corrected chi connectivity index (χ3v) is 5.21. The molecule has 1 amide bonds. The highest BCUT2D eigenvalue weighted by Crippen LogP contribution is 2.45. The molecule has 2 aliphatic rings. The summed E-state index contributed by atoms with van der Waals surface area (Å²) < 4.78 is 1.70. The largest absolute Gasteiger partial charge is 0.480 e. The lowest BCUT2D eigenvalue weighted by molar-refractivity contribution is -0.149. The average Bonchev–Trinajstić information content (AvgIpc) is 2.97. The zero-order chi connectivity index (χ0) is 14.1. The molecule has 0 aromatic carbocycles. The predicted octanol–water partition coefficient (Wildman–Crippen LogP) is 1.04. The first-order valence-electron chi connectivity index (χ1n) is 6.80. The first-order chi connectivity index (χ1) is 9.66. The molecule has 1 aromatic rings. The fraction of sp³-hybridized carbons (Fsp3) is 0.615. The van der Waals surface area contributed by atoms with E-state index in [0.29, 0.717) is 24.6 Å². The van der Waals surface area contributed by atoms with Crippen LogP contribution in [-0.4, -0.2) is 48.8 Å². The Labute approximate surface area is 121 Å². The molecule has 1 saturated carbocycles. The lowest BCUT2D eigenvalue weighted by Gasteiger charge is -2.27. The minimum Gasteiger partial charge on any atom is -0.480 e. The van der Waals surface area contributed by atoms with Crippen LogP contribution >= 0.6 is 11.8 Å². The highest BCUT2D eigenvalue weighted by Gasteiger charge is 2.47. The summed E-state index contributed by atoms with van der Waals surface area (Å²) in [5.74, 6) is 0.0187. The Hall–Kier alpha value is -1.50. The topological polar surface area (TPSA) is 75.4 Å². The SMILES string of the molecule is O=C(O)C1CSC(C2CC2)N1C(=O)CCn1cccn1. The van der Waals surface area contributed by atoms with Crippen LogP contribution in [0.1, 0.15) is 19.3 Å². The molecule has 2 unspecified atom stereocenters. The second-order valence-corrected chi connectivity index (χ2v) is 6.39. The molecule has 1 aliphatic heterocycles. The van der Waals surface area contributed by atoms with Gasteiger partial charge < -0.3 is 10.0 Å². The van der Waals surface area contributed by atoms with E-state index in [1.807, 2.05) is 6.07 Å². The fourth-order valence-electron chi connectivity index (χ4n) is 2.55. The van der Waals surface area contributed by atoms with Crippen LogP contribution in [0.5, 0.6) is 0 Å². The van der Waals surface area contributed by atoms with E-state index in [4.69, 9.17) is 0 Å². The van der Waals surface area contributed by atoms with Gasteiger partial charge in [0.05, 0.1) is 5.37 Å². The number of hydrogen-bond acceptors (Lipinski definition) is 4. The van der Waals surface area contributed by atoms with E-state index in [1.165, 1.54) is 0 Å². The van der Waals surface area contributed by atoms with Crippen LogP contribution in [-0.2, 0) is 16.1 Å². The number of aryl methyl sites for hydroxylation is 1. The van der Waals surface area contributed by atoms with Crippen molar-refractivity contribution in [2.45, 2.75) is 37.2 Å². The van der Waals surface area contributed by atoms with Crippen molar-refractivity contribution in [1.29, 1.82) is 0 Å². The number of aromatic nitrogens is 2. The number of carbonyl (C=O) groups excluding carboxylic acids is 1. The van der Waals surface area contributed by atoms with E-state index < -0.39 is 12.0 Å². The molecule has 1 aromatic heterocycles. The van der Waals surface area contributed by atoms with Crippen molar-refractivity contribution in [2.75, 3.05) is 5.75 Å². The van der Waals surface area contributed by atoms with Gasteiger partial charge in [-0.25, -0.2) is 4.79 Å². The Morgan fingerprint density at radius 3 is 2.80 bits per heavy atom. The van der Waals surface area contributed by atoms with E-state index in [-0.39, 0.29) is 11.3 Å². The Morgan fingerprint density at radius 1 is 1.40 bits per heavy atom. The maximum Gasteiger partial charge on any atom is 0.327 e. The summed E-state index contributed by atoms with van der Waals surface area (Å²) >= 11 is 1.61. The van der Waals surface area contributed by atoms with Crippen molar-refractivity contribution in [2.24, 2.45) is 5.92 Å². The summed E-state index contributed by atoms with van der Waals surface area (Å²) in [6.45, 7) is 0.497. The van der Waals surface area contributed by atoms with Crippen LogP contribution < -0.4 is 0 Å². The third-order valence-electron chi connectivity index (χ3n) is 3.75. The monoisotopic (exact) mass is 295 g/mol. The molecule has 108 valence electrons. The van der Waals surface area contributed by atoms with E-state index in [0.717, 1.165) is 12.8 Å². The van der Waals surface area contributed by atoms with Gasteiger partial charge in [-0.3, -0.25) is 9.48 Å². The van der Waals surface area contributed by atoms with Gasteiger partial charge in [-0.15, -0.1) is 11.8 Å².